The Labute approximate surface area is 70.6 Å². The molecule has 2 rings (SSSR count). The molecule has 0 aliphatic carbocycles. The monoisotopic (exact) mass is 160 g/mol. The number of hydrogen-bond acceptors (Lipinski definition) is 0. The third-order valence-electron chi connectivity index (χ3n) is 2.09. The second kappa shape index (κ2) is 2.59. The highest BCUT2D eigenvalue weighted by Crippen LogP contribution is 2.20. The van der Waals surface area contributed by atoms with Crippen LogP contribution < -0.4 is 0 Å². The Morgan fingerprint density at radius 1 is 0.917 bits per heavy atom. The molecule has 0 saturated heterocycles. The summed E-state index contributed by atoms with van der Waals surface area (Å²) in [5.41, 5.74) is 1.12. The highest BCUT2D eigenvalue weighted by molar-refractivity contribution is 5.85. The van der Waals surface area contributed by atoms with Gasteiger partial charge in [-0.2, -0.15) is 0 Å². The number of fused-ring (bicyclic) bond motifs is 1. The minimum absolute atomic E-state index is 0.142. The van der Waals surface area contributed by atoms with Crippen molar-refractivity contribution in [3.05, 3.63) is 47.8 Å². The number of halogens is 1. The zero-order valence-corrected chi connectivity index (χ0v) is 6.84. The van der Waals surface area contributed by atoms with Crippen LogP contribution in [0.3, 0.4) is 0 Å². The average Bonchev–Trinajstić information content (AvgIpc) is 2.07. The van der Waals surface area contributed by atoms with Gasteiger partial charge < -0.3 is 0 Å². The summed E-state index contributed by atoms with van der Waals surface area (Å²) in [7, 11) is 0. The maximum atomic E-state index is 13.2. The minimum Gasteiger partial charge on any atom is -0.206 e. The molecule has 0 aliphatic heterocycles. The first kappa shape index (κ1) is 7.29. The van der Waals surface area contributed by atoms with E-state index in [1.165, 1.54) is 6.07 Å². The molecule has 0 heterocycles. The molecule has 2 aromatic rings. The van der Waals surface area contributed by atoms with Crippen LogP contribution in [-0.2, 0) is 0 Å². The molecular weight excluding hydrogens is 151 g/mol. The van der Waals surface area contributed by atoms with E-state index in [-0.39, 0.29) is 5.82 Å². The van der Waals surface area contributed by atoms with Gasteiger partial charge in [-0.3, -0.25) is 0 Å². The van der Waals surface area contributed by atoms with Gasteiger partial charge in [-0.05, 0) is 23.9 Å². The number of hydrogen-bond donors (Lipinski definition) is 0. The summed E-state index contributed by atoms with van der Waals surface area (Å²) in [5, 5.41) is 1.70. The fourth-order valence-corrected chi connectivity index (χ4v) is 1.43. The summed E-state index contributed by atoms with van der Waals surface area (Å²) in [5.74, 6) is -0.142. The van der Waals surface area contributed by atoms with Crippen LogP contribution in [-0.4, -0.2) is 0 Å². The van der Waals surface area contributed by atoms with E-state index >= 15 is 0 Å². The second-order valence-electron chi connectivity index (χ2n) is 2.91. The van der Waals surface area contributed by atoms with E-state index in [1.54, 1.807) is 12.1 Å². The van der Waals surface area contributed by atoms with Crippen molar-refractivity contribution in [1.82, 2.24) is 0 Å². The highest BCUT2D eigenvalue weighted by Gasteiger charge is 1.99. The Balaban J connectivity index is 2.94. The van der Waals surface area contributed by atoms with E-state index in [9.17, 15) is 4.39 Å². The van der Waals surface area contributed by atoms with E-state index in [1.807, 2.05) is 25.1 Å². The van der Waals surface area contributed by atoms with E-state index in [2.05, 4.69) is 0 Å². The predicted octanol–water partition coefficient (Wildman–Crippen LogP) is 3.29. The first-order chi connectivity index (χ1) is 5.79. The molecule has 1 heteroatoms. The van der Waals surface area contributed by atoms with E-state index < -0.39 is 0 Å². The second-order valence-corrected chi connectivity index (χ2v) is 2.91. The van der Waals surface area contributed by atoms with Gasteiger partial charge in [0.15, 0.2) is 0 Å². The average molecular weight is 160 g/mol. The summed E-state index contributed by atoms with van der Waals surface area (Å²) < 4.78 is 13.2. The fourth-order valence-electron chi connectivity index (χ4n) is 1.43. The molecule has 0 spiro atoms. The normalized spacial score (nSPS) is 10.5. The Kier molecular flexibility index (Phi) is 1.58. The number of aryl methyl sites for hydroxylation is 1. The van der Waals surface area contributed by atoms with E-state index in [0.29, 0.717) is 5.39 Å². The van der Waals surface area contributed by atoms with Crippen molar-refractivity contribution in [2.24, 2.45) is 0 Å². The molecule has 0 radical (unpaired) electrons. The molecule has 0 bridgehead atoms. The maximum Gasteiger partial charge on any atom is 0.131 e. The van der Waals surface area contributed by atoms with Crippen LogP contribution in [0, 0.1) is 12.7 Å². The van der Waals surface area contributed by atoms with Crippen molar-refractivity contribution in [1.29, 1.82) is 0 Å². The van der Waals surface area contributed by atoms with Crippen LogP contribution in [0.5, 0.6) is 0 Å². The number of benzene rings is 2. The van der Waals surface area contributed by atoms with Crippen molar-refractivity contribution in [3.8, 4) is 0 Å². The zero-order chi connectivity index (χ0) is 8.55. The molecule has 0 atom stereocenters. The molecule has 0 fully saturated rings. The van der Waals surface area contributed by atoms with Crippen LogP contribution in [0.4, 0.5) is 4.39 Å². The third kappa shape index (κ3) is 0.981. The standard InChI is InChI=1S/C11H9F/c1-8-4-2-6-10-9(8)5-3-7-11(10)12/h2-7H,1H3. The molecule has 0 unspecified atom stereocenters. The Bertz CT molecular complexity index is 377. The van der Waals surface area contributed by atoms with Crippen LogP contribution in [0.15, 0.2) is 36.4 Å². The van der Waals surface area contributed by atoms with Crippen LogP contribution in [0.25, 0.3) is 10.8 Å². The van der Waals surface area contributed by atoms with Gasteiger partial charge in [-0.1, -0.05) is 30.3 Å². The summed E-state index contributed by atoms with van der Waals surface area (Å²) in [6.45, 7) is 1.99. The molecule has 12 heavy (non-hydrogen) atoms. The quantitative estimate of drug-likeness (QED) is 0.554. The van der Waals surface area contributed by atoms with Gasteiger partial charge in [-0.25, -0.2) is 4.39 Å². The Morgan fingerprint density at radius 3 is 2.33 bits per heavy atom. The lowest BCUT2D eigenvalue weighted by atomic mass is 10.1. The largest absolute Gasteiger partial charge is 0.206 e. The van der Waals surface area contributed by atoms with Gasteiger partial charge in [0.05, 0.1) is 0 Å². The van der Waals surface area contributed by atoms with Crippen molar-refractivity contribution in [2.45, 2.75) is 6.92 Å². The predicted molar refractivity (Wildman–Crippen MR) is 48.6 cm³/mol. The van der Waals surface area contributed by atoms with Gasteiger partial charge in [0.2, 0.25) is 0 Å². The zero-order valence-electron chi connectivity index (χ0n) is 6.84. The highest BCUT2D eigenvalue weighted by atomic mass is 19.1. The smallest absolute Gasteiger partial charge is 0.131 e. The fraction of sp³-hybridized carbons (Fsp3) is 0.0909. The minimum atomic E-state index is -0.142. The lowest BCUT2D eigenvalue weighted by Gasteiger charge is -2.01. The maximum absolute atomic E-state index is 13.2. The van der Waals surface area contributed by atoms with Gasteiger partial charge in [-0.15, -0.1) is 0 Å². The Morgan fingerprint density at radius 2 is 1.58 bits per heavy atom. The van der Waals surface area contributed by atoms with Crippen molar-refractivity contribution >= 4 is 10.8 Å². The first-order valence-corrected chi connectivity index (χ1v) is 3.93. The van der Waals surface area contributed by atoms with Crippen LogP contribution in [0.1, 0.15) is 5.56 Å². The molecule has 60 valence electrons. The van der Waals surface area contributed by atoms with E-state index in [0.717, 1.165) is 10.9 Å². The van der Waals surface area contributed by atoms with Crippen molar-refractivity contribution in [2.75, 3.05) is 0 Å². The molecular formula is C11H9F. The first-order valence-electron chi connectivity index (χ1n) is 3.93. The topological polar surface area (TPSA) is 0 Å². The van der Waals surface area contributed by atoms with Crippen molar-refractivity contribution in [3.63, 3.8) is 0 Å². The molecule has 0 N–H and O–H groups in total. The molecule has 0 aliphatic rings. The molecule has 0 aromatic heterocycles. The van der Waals surface area contributed by atoms with Gasteiger partial charge >= 0.3 is 0 Å². The summed E-state index contributed by atoms with van der Waals surface area (Å²) >= 11 is 0. The third-order valence-corrected chi connectivity index (χ3v) is 2.09. The van der Waals surface area contributed by atoms with Gasteiger partial charge in [0.1, 0.15) is 5.82 Å². The lowest BCUT2D eigenvalue weighted by molar-refractivity contribution is 0.640. The molecule has 0 amide bonds. The van der Waals surface area contributed by atoms with Crippen molar-refractivity contribution < 1.29 is 4.39 Å². The van der Waals surface area contributed by atoms with E-state index in [4.69, 9.17) is 0 Å². The SMILES string of the molecule is Cc1cccc2c(F)cccc12. The van der Waals surface area contributed by atoms with Crippen LogP contribution >= 0.6 is 0 Å². The summed E-state index contributed by atoms with van der Waals surface area (Å²) in [6.07, 6.45) is 0. The Hall–Kier alpha value is -1.37. The van der Waals surface area contributed by atoms with Gasteiger partial charge in [0, 0.05) is 5.39 Å². The summed E-state index contributed by atoms with van der Waals surface area (Å²) in [4.78, 5) is 0. The molecule has 0 saturated carbocycles. The van der Waals surface area contributed by atoms with Gasteiger partial charge in [0.25, 0.3) is 0 Å². The van der Waals surface area contributed by atoms with Crippen LogP contribution in [0.2, 0.25) is 0 Å². The number of rotatable bonds is 0. The summed E-state index contributed by atoms with van der Waals surface area (Å²) in [6, 6.07) is 10.8. The molecule has 0 nitrogen and oxygen atoms in total. The molecule has 2 aromatic carbocycles. The lowest BCUT2D eigenvalue weighted by Crippen LogP contribution is -1.81.